The summed E-state index contributed by atoms with van der Waals surface area (Å²) in [4.78, 5) is 8.79. The second-order valence-electron chi connectivity index (χ2n) is 4.39. The van der Waals surface area contributed by atoms with Crippen molar-refractivity contribution in [3.63, 3.8) is 0 Å². The molecule has 2 heterocycles. The first-order valence-electron chi connectivity index (χ1n) is 6.06. The number of nitrogens with one attached hydrogen (secondary N) is 1. The van der Waals surface area contributed by atoms with Crippen LogP contribution < -0.4 is 5.32 Å². The number of thiazole rings is 1. The summed E-state index contributed by atoms with van der Waals surface area (Å²) in [5.74, 6) is 0. The highest BCUT2D eigenvalue weighted by atomic mass is 35.5. The maximum absolute atomic E-state index is 5.97. The number of halogens is 2. The predicted octanol–water partition coefficient (Wildman–Crippen LogP) is 5.49. The molecule has 1 N–H and O–H groups in total. The lowest BCUT2D eigenvalue weighted by Gasteiger charge is -1.92. The quantitative estimate of drug-likeness (QED) is 0.526. The number of rotatable bonds is 2. The van der Waals surface area contributed by atoms with Gasteiger partial charge in [-0.05, 0) is 36.4 Å². The maximum atomic E-state index is 5.97. The molecule has 4 nitrogen and oxygen atoms in total. The van der Waals surface area contributed by atoms with E-state index in [4.69, 9.17) is 27.6 Å². The van der Waals surface area contributed by atoms with E-state index in [9.17, 15) is 0 Å². The summed E-state index contributed by atoms with van der Waals surface area (Å²) in [7, 11) is 0. The van der Waals surface area contributed by atoms with Crippen LogP contribution in [-0.2, 0) is 0 Å². The van der Waals surface area contributed by atoms with Crippen molar-refractivity contribution in [2.75, 3.05) is 5.32 Å². The third kappa shape index (κ3) is 2.44. The number of fused-ring (bicyclic) bond motifs is 2. The molecular formula is C14H7Cl2N3OS. The van der Waals surface area contributed by atoms with E-state index in [2.05, 4.69) is 15.3 Å². The van der Waals surface area contributed by atoms with E-state index in [-0.39, 0.29) is 0 Å². The number of hydrogen-bond donors (Lipinski definition) is 1. The highest BCUT2D eigenvalue weighted by molar-refractivity contribution is 7.22. The van der Waals surface area contributed by atoms with Gasteiger partial charge in [-0.25, -0.2) is 4.98 Å². The zero-order chi connectivity index (χ0) is 14.4. The number of hydrogen-bond acceptors (Lipinski definition) is 5. The molecule has 0 bridgehead atoms. The van der Waals surface area contributed by atoms with Crippen LogP contribution in [-0.4, -0.2) is 9.97 Å². The number of anilines is 2. The minimum absolute atomic E-state index is 0.386. The van der Waals surface area contributed by atoms with E-state index >= 15 is 0 Å². The molecule has 0 atom stereocenters. The molecule has 104 valence electrons. The summed E-state index contributed by atoms with van der Waals surface area (Å²) in [6.07, 6.45) is 0. The van der Waals surface area contributed by atoms with Crippen LogP contribution >= 0.6 is 34.5 Å². The van der Waals surface area contributed by atoms with E-state index in [0.717, 1.165) is 10.2 Å². The molecule has 0 aliphatic carbocycles. The highest BCUT2D eigenvalue weighted by Gasteiger charge is 2.09. The molecule has 2 aromatic heterocycles. The van der Waals surface area contributed by atoms with E-state index in [0.29, 0.717) is 32.3 Å². The lowest BCUT2D eigenvalue weighted by molar-refractivity contribution is 0.623. The van der Waals surface area contributed by atoms with Crippen molar-refractivity contribution in [1.29, 1.82) is 0 Å². The Hall–Kier alpha value is -1.82. The van der Waals surface area contributed by atoms with Crippen LogP contribution in [0.3, 0.4) is 0 Å². The van der Waals surface area contributed by atoms with Crippen LogP contribution in [0.4, 0.5) is 11.1 Å². The summed E-state index contributed by atoms with van der Waals surface area (Å²) in [5, 5.41) is 5.08. The van der Waals surface area contributed by atoms with Crippen molar-refractivity contribution in [2.24, 2.45) is 0 Å². The summed E-state index contributed by atoms with van der Waals surface area (Å²) in [6, 6.07) is 11.3. The number of nitrogens with zero attached hydrogens (tertiary/aromatic N) is 2. The summed E-state index contributed by atoms with van der Waals surface area (Å²) in [5.41, 5.74) is 2.26. The fourth-order valence-corrected chi connectivity index (χ4v) is 3.30. The topological polar surface area (TPSA) is 51.0 Å². The van der Waals surface area contributed by atoms with Gasteiger partial charge in [-0.3, -0.25) is 5.32 Å². The smallest absolute Gasteiger partial charge is 0.302 e. The van der Waals surface area contributed by atoms with Crippen molar-refractivity contribution >= 4 is 67.0 Å². The van der Waals surface area contributed by atoms with Crippen LogP contribution in [0.1, 0.15) is 0 Å². The Morgan fingerprint density at radius 1 is 0.952 bits per heavy atom. The lowest BCUT2D eigenvalue weighted by atomic mass is 10.3. The van der Waals surface area contributed by atoms with Crippen LogP contribution in [0.15, 0.2) is 40.8 Å². The van der Waals surface area contributed by atoms with Crippen LogP contribution in [0.25, 0.3) is 21.3 Å². The van der Waals surface area contributed by atoms with Crippen molar-refractivity contribution in [2.45, 2.75) is 0 Å². The third-order valence-corrected chi connectivity index (χ3v) is 4.32. The van der Waals surface area contributed by atoms with Gasteiger partial charge in [-0.1, -0.05) is 34.5 Å². The molecule has 7 heteroatoms. The first kappa shape index (κ1) is 12.9. The fraction of sp³-hybridized carbons (Fsp3) is 0. The van der Waals surface area contributed by atoms with Crippen molar-refractivity contribution in [3.8, 4) is 0 Å². The van der Waals surface area contributed by atoms with Gasteiger partial charge in [-0.2, -0.15) is 4.98 Å². The highest BCUT2D eigenvalue weighted by Crippen LogP contribution is 2.31. The molecule has 2 aromatic carbocycles. The maximum Gasteiger partial charge on any atom is 0.302 e. The molecule has 0 unspecified atom stereocenters. The second kappa shape index (κ2) is 4.87. The molecule has 4 rings (SSSR count). The molecule has 0 aliphatic rings. The van der Waals surface area contributed by atoms with Gasteiger partial charge in [0, 0.05) is 10.0 Å². The van der Waals surface area contributed by atoms with E-state index in [1.165, 1.54) is 11.3 Å². The van der Waals surface area contributed by atoms with Gasteiger partial charge in [0.15, 0.2) is 10.7 Å². The molecule has 0 aliphatic heterocycles. The van der Waals surface area contributed by atoms with E-state index < -0.39 is 0 Å². The molecule has 4 aromatic rings. The van der Waals surface area contributed by atoms with E-state index in [1.807, 2.05) is 18.2 Å². The second-order valence-corrected chi connectivity index (χ2v) is 6.29. The Morgan fingerprint density at radius 2 is 1.76 bits per heavy atom. The van der Waals surface area contributed by atoms with Crippen molar-refractivity contribution in [3.05, 3.63) is 46.4 Å². The number of benzene rings is 2. The zero-order valence-corrected chi connectivity index (χ0v) is 12.8. The summed E-state index contributed by atoms with van der Waals surface area (Å²) >= 11 is 13.4. The summed E-state index contributed by atoms with van der Waals surface area (Å²) in [6.45, 7) is 0. The standard InChI is InChI=1S/C14H7Cl2N3OS/c15-7-2-4-11-10(5-7)17-13(20-11)19-14-18-9-3-1-8(16)6-12(9)21-14/h1-6H,(H,17,18,19). The predicted molar refractivity (Wildman–Crippen MR) is 86.9 cm³/mol. The van der Waals surface area contributed by atoms with Gasteiger partial charge in [0.05, 0.1) is 10.2 Å². The van der Waals surface area contributed by atoms with Gasteiger partial charge >= 0.3 is 6.01 Å². The van der Waals surface area contributed by atoms with Gasteiger partial charge in [0.1, 0.15) is 5.52 Å². The average molecular weight is 336 g/mol. The first-order valence-corrected chi connectivity index (χ1v) is 7.64. The lowest BCUT2D eigenvalue weighted by Crippen LogP contribution is -1.88. The molecule has 0 saturated heterocycles. The SMILES string of the molecule is Clc1ccc2oc(Nc3nc4ccc(Cl)cc4s3)nc2c1. The average Bonchev–Trinajstić information content (AvgIpc) is 3.00. The molecule has 0 radical (unpaired) electrons. The minimum atomic E-state index is 0.386. The Balaban J connectivity index is 1.71. The van der Waals surface area contributed by atoms with Gasteiger partial charge in [0.25, 0.3) is 0 Å². The Morgan fingerprint density at radius 3 is 2.67 bits per heavy atom. The summed E-state index contributed by atoms with van der Waals surface area (Å²) < 4.78 is 6.61. The zero-order valence-electron chi connectivity index (χ0n) is 10.4. The molecule has 0 saturated carbocycles. The van der Waals surface area contributed by atoms with Gasteiger partial charge in [0.2, 0.25) is 0 Å². The Bertz CT molecular complexity index is 885. The third-order valence-electron chi connectivity index (χ3n) is 2.91. The van der Waals surface area contributed by atoms with Crippen molar-refractivity contribution < 1.29 is 4.42 Å². The van der Waals surface area contributed by atoms with E-state index in [1.54, 1.807) is 18.2 Å². The molecule has 0 amide bonds. The Labute approximate surface area is 133 Å². The normalized spacial score (nSPS) is 11.3. The van der Waals surface area contributed by atoms with Crippen LogP contribution in [0.5, 0.6) is 0 Å². The largest absolute Gasteiger partial charge is 0.423 e. The van der Waals surface area contributed by atoms with Gasteiger partial charge in [-0.15, -0.1) is 0 Å². The van der Waals surface area contributed by atoms with Gasteiger partial charge < -0.3 is 4.42 Å². The molecule has 0 fully saturated rings. The monoisotopic (exact) mass is 335 g/mol. The number of oxazole rings is 1. The molecular weight excluding hydrogens is 329 g/mol. The first-order chi connectivity index (χ1) is 10.2. The van der Waals surface area contributed by atoms with Crippen LogP contribution in [0, 0.1) is 0 Å². The minimum Gasteiger partial charge on any atom is -0.423 e. The molecule has 0 spiro atoms. The number of aromatic nitrogens is 2. The molecule has 21 heavy (non-hydrogen) atoms. The Kier molecular flexibility index (Phi) is 2.99. The fourth-order valence-electron chi connectivity index (χ4n) is 2.00. The van der Waals surface area contributed by atoms with Crippen LogP contribution in [0.2, 0.25) is 10.0 Å². The van der Waals surface area contributed by atoms with Crippen molar-refractivity contribution in [1.82, 2.24) is 9.97 Å².